The second kappa shape index (κ2) is 6.32. The van der Waals surface area contributed by atoms with Crippen molar-refractivity contribution in [2.24, 2.45) is 11.3 Å². The van der Waals surface area contributed by atoms with Crippen LogP contribution in [0.1, 0.15) is 47.0 Å². The van der Waals surface area contributed by atoms with Crippen LogP contribution < -0.4 is 0 Å². The molecule has 0 aromatic rings. The Labute approximate surface area is 143 Å². The van der Waals surface area contributed by atoms with E-state index in [2.05, 4.69) is 26.8 Å². The van der Waals surface area contributed by atoms with Crippen molar-refractivity contribution in [2.75, 3.05) is 19.8 Å². The zero-order valence-corrected chi connectivity index (χ0v) is 15.0. The first kappa shape index (κ1) is 17.2. The van der Waals surface area contributed by atoms with Gasteiger partial charge >= 0.3 is 5.97 Å². The number of Topliss-reactive ketones (excluding diaryl/α,β-unsaturated/α-hetero) is 1. The number of ether oxygens (including phenoxy) is 2. The predicted molar refractivity (Wildman–Crippen MR) is 91.4 cm³/mol. The molecule has 0 amide bonds. The average molecular weight is 330 g/mol. The molecule has 1 fully saturated rings. The summed E-state index contributed by atoms with van der Waals surface area (Å²) in [7, 11) is 0. The lowest BCUT2D eigenvalue weighted by molar-refractivity contribution is -0.142. The van der Waals surface area contributed by atoms with Crippen LogP contribution in [0.25, 0.3) is 0 Å². The number of allylic oxidation sites excluding steroid dienone is 4. The van der Waals surface area contributed by atoms with E-state index < -0.39 is 0 Å². The highest BCUT2D eigenvalue weighted by molar-refractivity contribution is 6.07. The van der Waals surface area contributed by atoms with Gasteiger partial charge in [0.25, 0.3) is 0 Å². The Morgan fingerprint density at radius 3 is 2.62 bits per heavy atom. The molecule has 130 valence electrons. The fourth-order valence-electron chi connectivity index (χ4n) is 4.18. The predicted octanol–water partition coefficient (Wildman–Crippen LogP) is 3.53. The number of rotatable bonds is 6. The minimum absolute atomic E-state index is 0.0924. The third-order valence-corrected chi connectivity index (χ3v) is 5.84. The molecule has 1 spiro atoms. The fraction of sp³-hybridized carbons (Fsp3) is 0.600. The van der Waals surface area contributed by atoms with Crippen LogP contribution in [0.3, 0.4) is 0 Å². The Kier molecular flexibility index (Phi) is 4.52. The summed E-state index contributed by atoms with van der Waals surface area (Å²) in [6.45, 7) is 8.88. The van der Waals surface area contributed by atoms with Crippen molar-refractivity contribution in [3.63, 3.8) is 0 Å². The number of hydrogen-bond donors (Lipinski definition) is 0. The van der Waals surface area contributed by atoms with E-state index in [1.807, 2.05) is 0 Å². The van der Waals surface area contributed by atoms with E-state index in [1.54, 1.807) is 0 Å². The molecule has 3 aliphatic carbocycles. The molecule has 3 aliphatic rings. The summed E-state index contributed by atoms with van der Waals surface area (Å²) in [6, 6.07) is 0. The van der Waals surface area contributed by atoms with E-state index >= 15 is 0 Å². The number of ketones is 1. The second-order valence-electron chi connectivity index (χ2n) is 7.05. The van der Waals surface area contributed by atoms with Crippen molar-refractivity contribution in [3.05, 3.63) is 33.9 Å². The maximum atomic E-state index is 12.8. The SMILES string of the molecule is CCC1=C(COCCOC(C)=O)C2=C(C)C3(CC3)[C@H](C)C(=O)C2=C1. The molecule has 0 aromatic carbocycles. The maximum Gasteiger partial charge on any atom is 0.302 e. The van der Waals surface area contributed by atoms with Crippen LogP contribution in [0, 0.1) is 11.3 Å². The summed E-state index contributed by atoms with van der Waals surface area (Å²) >= 11 is 0. The molecule has 0 radical (unpaired) electrons. The lowest BCUT2D eigenvalue weighted by atomic mass is 9.70. The summed E-state index contributed by atoms with van der Waals surface area (Å²) in [5, 5.41) is 0. The average Bonchev–Trinajstić information content (AvgIpc) is 3.27. The van der Waals surface area contributed by atoms with Crippen molar-refractivity contribution >= 4 is 11.8 Å². The molecule has 24 heavy (non-hydrogen) atoms. The van der Waals surface area contributed by atoms with Crippen LogP contribution in [-0.2, 0) is 19.1 Å². The molecule has 0 heterocycles. The van der Waals surface area contributed by atoms with E-state index in [0.717, 1.165) is 36.0 Å². The third kappa shape index (κ3) is 2.67. The molecule has 0 bridgehead atoms. The van der Waals surface area contributed by atoms with Gasteiger partial charge in [-0.25, -0.2) is 0 Å². The summed E-state index contributed by atoms with van der Waals surface area (Å²) in [5.41, 5.74) is 5.83. The van der Waals surface area contributed by atoms with Crippen LogP contribution in [0.2, 0.25) is 0 Å². The zero-order chi connectivity index (χ0) is 17.5. The van der Waals surface area contributed by atoms with Gasteiger partial charge in [-0.05, 0) is 49.0 Å². The van der Waals surface area contributed by atoms with Crippen molar-refractivity contribution in [2.45, 2.75) is 47.0 Å². The third-order valence-electron chi connectivity index (χ3n) is 5.84. The van der Waals surface area contributed by atoms with Crippen molar-refractivity contribution in [1.29, 1.82) is 0 Å². The van der Waals surface area contributed by atoms with Crippen molar-refractivity contribution in [1.82, 2.24) is 0 Å². The molecule has 0 saturated heterocycles. The standard InChI is InChI=1S/C20H26O4/c1-5-15-10-16-18(17(15)11-23-8-9-24-14(4)21)12(2)20(6-7-20)13(3)19(16)22/h10,13H,5-9,11H2,1-4H3/t13-/m1/s1. The van der Waals surface area contributed by atoms with Gasteiger partial charge in [0.1, 0.15) is 6.61 Å². The second-order valence-corrected chi connectivity index (χ2v) is 7.05. The van der Waals surface area contributed by atoms with E-state index in [9.17, 15) is 9.59 Å². The molecule has 1 atom stereocenters. The Morgan fingerprint density at radius 1 is 1.33 bits per heavy atom. The van der Waals surface area contributed by atoms with Crippen LogP contribution in [-0.4, -0.2) is 31.6 Å². The van der Waals surface area contributed by atoms with Gasteiger partial charge in [0.2, 0.25) is 0 Å². The van der Waals surface area contributed by atoms with Gasteiger partial charge in [-0.3, -0.25) is 9.59 Å². The summed E-state index contributed by atoms with van der Waals surface area (Å²) in [5.74, 6) is 0.0850. The molecule has 0 aliphatic heterocycles. The highest BCUT2D eigenvalue weighted by Crippen LogP contribution is 2.63. The Bertz CT molecular complexity index is 674. The number of esters is 1. The molecule has 0 aromatic heterocycles. The van der Waals surface area contributed by atoms with Gasteiger partial charge in [0, 0.05) is 23.8 Å². The van der Waals surface area contributed by atoms with Gasteiger partial charge in [0.15, 0.2) is 5.78 Å². The molecular formula is C20H26O4. The first-order valence-electron chi connectivity index (χ1n) is 8.83. The van der Waals surface area contributed by atoms with Crippen LogP contribution in [0.5, 0.6) is 0 Å². The first-order valence-corrected chi connectivity index (χ1v) is 8.83. The monoisotopic (exact) mass is 330 g/mol. The number of carbonyl (C=O) groups is 2. The van der Waals surface area contributed by atoms with E-state index in [4.69, 9.17) is 9.47 Å². The largest absolute Gasteiger partial charge is 0.463 e. The van der Waals surface area contributed by atoms with Crippen LogP contribution >= 0.6 is 0 Å². The molecule has 4 nitrogen and oxygen atoms in total. The minimum Gasteiger partial charge on any atom is -0.463 e. The zero-order valence-electron chi connectivity index (χ0n) is 15.0. The lowest BCUT2D eigenvalue weighted by Gasteiger charge is -2.32. The maximum absolute atomic E-state index is 12.8. The van der Waals surface area contributed by atoms with Crippen LogP contribution in [0.4, 0.5) is 0 Å². The van der Waals surface area contributed by atoms with Crippen molar-refractivity contribution in [3.8, 4) is 0 Å². The van der Waals surface area contributed by atoms with Crippen molar-refractivity contribution < 1.29 is 19.1 Å². The molecule has 0 unspecified atom stereocenters. The van der Waals surface area contributed by atoms with Gasteiger partial charge in [-0.15, -0.1) is 0 Å². The van der Waals surface area contributed by atoms with E-state index in [0.29, 0.717) is 13.2 Å². The topological polar surface area (TPSA) is 52.6 Å². The molecular weight excluding hydrogens is 304 g/mol. The normalized spacial score (nSPS) is 24.4. The highest BCUT2D eigenvalue weighted by atomic mass is 16.6. The number of fused-ring (bicyclic) bond motifs is 1. The number of hydrogen-bond acceptors (Lipinski definition) is 4. The molecule has 3 rings (SSSR count). The van der Waals surface area contributed by atoms with Crippen LogP contribution in [0.15, 0.2) is 33.9 Å². The van der Waals surface area contributed by atoms with E-state index in [-0.39, 0.29) is 29.7 Å². The Balaban J connectivity index is 1.80. The smallest absolute Gasteiger partial charge is 0.302 e. The molecule has 0 N–H and O–H groups in total. The minimum atomic E-state index is -0.294. The van der Waals surface area contributed by atoms with Gasteiger partial charge in [0.05, 0.1) is 13.2 Å². The molecule has 4 heteroatoms. The fourth-order valence-corrected chi connectivity index (χ4v) is 4.18. The summed E-state index contributed by atoms with van der Waals surface area (Å²) < 4.78 is 10.6. The Morgan fingerprint density at radius 2 is 2.04 bits per heavy atom. The Hall–Kier alpha value is -1.68. The first-order chi connectivity index (χ1) is 11.4. The number of carbonyl (C=O) groups excluding carboxylic acids is 2. The quantitative estimate of drug-likeness (QED) is 0.552. The van der Waals surface area contributed by atoms with Gasteiger partial charge in [-0.1, -0.05) is 19.4 Å². The van der Waals surface area contributed by atoms with Gasteiger partial charge in [-0.2, -0.15) is 0 Å². The summed E-state index contributed by atoms with van der Waals surface area (Å²) in [6.07, 6.45) is 5.18. The van der Waals surface area contributed by atoms with E-state index in [1.165, 1.54) is 18.1 Å². The molecule has 1 saturated carbocycles. The summed E-state index contributed by atoms with van der Waals surface area (Å²) in [4.78, 5) is 23.6. The highest BCUT2D eigenvalue weighted by Gasteiger charge is 2.56. The lowest BCUT2D eigenvalue weighted by Crippen LogP contribution is -2.31. The van der Waals surface area contributed by atoms with Gasteiger partial charge < -0.3 is 9.47 Å².